The summed E-state index contributed by atoms with van der Waals surface area (Å²) in [6, 6.07) is 0.0777. The van der Waals surface area contributed by atoms with E-state index in [1.54, 1.807) is 10.9 Å². The summed E-state index contributed by atoms with van der Waals surface area (Å²) < 4.78 is 15.5. The molecule has 78 valence electrons. The molecule has 4 heteroatoms. The average Bonchev–Trinajstić information content (AvgIpc) is 2.46. The molecule has 0 aliphatic heterocycles. The van der Waals surface area contributed by atoms with Gasteiger partial charge in [-0.3, -0.25) is 4.68 Å². The molecule has 1 heterocycles. The van der Waals surface area contributed by atoms with E-state index in [0.29, 0.717) is 19.3 Å². The smallest absolute Gasteiger partial charge is 0.114 e. The van der Waals surface area contributed by atoms with Gasteiger partial charge in [-0.25, -0.2) is 4.39 Å². The molecule has 0 aromatic carbocycles. The van der Waals surface area contributed by atoms with Crippen molar-refractivity contribution in [1.82, 2.24) is 9.78 Å². The fourth-order valence-electron chi connectivity index (χ4n) is 2.05. The number of nitrogens with two attached hydrogens (primary N) is 1. The highest BCUT2D eigenvalue weighted by Crippen LogP contribution is 2.38. The first-order valence-corrected chi connectivity index (χ1v) is 4.99. The summed E-state index contributed by atoms with van der Waals surface area (Å²) in [6.45, 7) is 0. The second kappa shape index (κ2) is 3.35. The fourth-order valence-corrected chi connectivity index (χ4v) is 2.05. The molecule has 0 radical (unpaired) electrons. The van der Waals surface area contributed by atoms with E-state index in [2.05, 4.69) is 5.10 Å². The molecule has 0 spiro atoms. The minimum Gasteiger partial charge on any atom is -0.327 e. The number of nitrogens with zero attached hydrogens (tertiary/aromatic N) is 2. The lowest BCUT2D eigenvalue weighted by atomic mass is 9.75. The van der Waals surface area contributed by atoms with Gasteiger partial charge in [-0.05, 0) is 31.2 Å². The lowest BCUT2D eigenvalue weighted by Gasteiger charge is -2.39. The minimum absolute atomic E-state index is 0.0777. The van der Waals surface area contributed by atoms with Gasteiger partial charge in [0.05, 0.1) is 6.20 Å². The zero-order valence-electron chi connectivity index (χ0n) is 8.41. The van der Waals surface area contributed by atoms with Crippen LogP contribution in [0.25, 0.3) is 0 Å². The van der Waals surface area contributed by atoms with Crippen LogP contribution in [0, 0.1) is 0 Å². The summed E-state index contributed by atoms with van der Waals surface area (Å²) in [4.78, 5) is 0. The van der Waals surface area contributed by atoms with Gasteiger partial charge < -0.3 is 5.73 Å². The van der Waals surface area contributed by atoms with E-state index >= 15 is 0 Å². The largest absolute Gasteiger partial charge is 0.327 e. The summed E-state index contributed by atoms with van der Waals surface area (Å²) in [5.74, 6) is 0. The zero-order valence-corrected chi connectivity index (χ0v) is 8.41. The first-order chi connectivity index (χ1) is 6.57. The molecule has 1 saturated carbocycles. The summed E-state index contributed by atoms with van der Waals surface area (Å²) in [5, 5.41) is 4.05. The van der Waals surface area contributed by atoms with Gasteiger partial charge in [-0.1, -0.05) is 0 Å². The SMILES string of the molecule is Cn1cc(CCC2(F)CC(N)C2)cn1. The van der Waals surface area contributed by atoms with Crippen molar-refractivity contribution in [2.75, 3.05) is 0 Å². The third-order valence-electron chi connectivity index (χ3n) is 2.88. The van der Waals surface area contributed by atoms with Gasteiger partial charge in [-0.2, -0.15) is 5.10 Å². The predicted molar refractivity (Wildman–Crippen MR) is 52.6 cm³/mol. The molecule has 1 aromatic rings. The maximum Gasteiger partial charge on any atom is 0.114 e. The number of aryl methyl sites for hydroxylation is 2. The van der Waals surface area contributed by atoms with E-state index < -0.39 is 5.67 Å². The fraction of sp³-hybridized carbons (Fsp3) is 0.700. The first kappa shape index (κ1) is 9.65. The van der Waals surface area contributed by atoms with Gasteiger partial charge >= 0.3 is 0 Å². The Kier molecular flexibility index (Phi) is 2.31. The zero-order chi connectivity index (χ0) is 10.2. The van der Waals surface area contributed by atoms with Crippen LogP contribution in [0.1, 0.15) is 24.8 Å². The summed E-state index contributed by atoms with van der Waals surface area (Å²) in [7, 11) is 1.87. The van der Waals surface area contributed by atoms with Crippen LogP contribution >= 0.6 is 0 Å². The topological polar surface area (TPSA) is 43.8 Å². The molecule has 3 nitrogen and oxygen atoms in total. The Bertz CT molecular complexity index is 315. The van der Waals surface area contributed by atoms with E-state index in [9.17, 15) is 4.39 Å². The van der Waals surface area contributed by atoms with E-state index in [1.807, 2.05) is 13.2 Å². The van der Waals surface area contributed by atoms with Crippen LogP contribution in [0.2, 0.25) is 0 Å². The predicted octanol–water partition coefficient (Wildman–Crippen LogP) is 1.18. The third kappa shape index (κ3) is 1.95. The Hall–Kier alpha value is -0.900. The van der Waals surface area contributed by atoms with Gasteiger partial charge in [-0.15, -0.1) is 0 Å². The van der Waals surface area contributed by atoms with Crippen LogP contribution in [0.15, 0.2) is 12.4 Å². The van der Waals surface area contributed by atoms with E-state index in [1.165, 1.54) is 0 Å². The highest BCUT2D eigenvalue weighted by atomic mass is 19.1. The third-order valence-corrected chi connectivity index (χ3v) is 2.88. The van der Waals surface area contributed by atoms with E-state index in [0.717, 1.165) is 12.0 Å². The molecule has 0 unspecified atom stereocenters. The molecule has 0 amide bonds. The number of hydrogen-bond acceptors (Lipinski definition) is 2. The second-order valence-electron chi connectivity index (χ2n) is 4.34. The van der Waals surface area contributed by atoms with Crippen molar-refractivity contribution in [2.45, 2.75) is 37.4 Å². The van der Waals surface area contributed by atoms with Crippen molar-refractivity contribution in [1.29, 1.82) is 0 Å². The Morgan fingerprint density at radius 2 is 2.43 bits per heavy atom. The maximum absolute atomic E-state index is 13.7. The Morgan fingerprint density at radius 3 is 2.93 bits per heavy atom. The molecule has 2 N–H and O–H groups in total. The van der Waals surface area contributed by atoms with E-state index in [4.69, 9.17) is 5.73 Å². The monoisotopic (exact) mass is 197 g/mol. The number of aromatic nitrogens is 2. The van der Waals surface area contributed by atoms with Crippen LogP contribution in [0.3, 0.4) is 0 Å². The van der Waals surface area contributed by atoms with Crippen LogP contribution in [-0.2, 0) is 13.5 Å². The molecule has 2 rings (SSSR count). The highest BCUT2D eigenvalue weighted by molar-refractivity contribution is 5.07. The Morgan fingerprint density at radius 1 is 1.71 bits per heavy atom. The quantitative estimate of drug-likeness (QED) is 0.790. The molecular formula is C10H16FN3. The Labute approximate surface area is 83.1 Å². The maximum atomic E-state index is 13.7. The second-order valence-corrected chi connectivity index (χ2v) is 4.34. The molecule has 1 aliphatic rings. The van der Waals surface area contributed by atoms with Gasteiger partial charge in [0.25, 0.3) is 0 Å². The lowest BCUT2D eigenvalue weighted by molar-refractivity contribution is 0.0354. The van der Waals surface area contributed by atoms with E-state index in [-0.39, 0.29) is 6.04 Å². The highest BCUT2D eigenvalue weighted by Gasteiger charge is 2.42. The standard InChI is InChI=1S/C10H16FN3/c1-14-7-8(6-13-14)2-3-10(11)4-9(12)5-10/h6-7,9H,2-5,12H2,1H3. The molecule has 0 atom stereocenters. The van der Waals surface area contributed by atoms with Crippen molar-refractivity contribution >= 4 is 0 Å². The van der Waals surface area contributed by atoms with Gasteiger partial charge in [0.2, 0.25) is 0 Å². The summed E-state index contributed by atoms with van der Waals surface area (Å²) in [6.07, 6.45) is 6.11. The van der Waals surface area contributed by atoms with Crippen molar-refractivity contribution in [3.8, 4) is 0 Å². The van der Waals surface area contributed by atoms with Crippen LogP contribution in [0.4, 0.5) is 4.39 Å². The van der Waals surface area contributed by atoms with Crippen LogP contribution < -0.4 is 5.73 Å². The van der Waals surface area contributed by atoms with Gasteiger partial charge in [0.15, 0.2) is 0 Å². The number of hydrogen-bond donors (Lipinski definition) is 1. The van der Waals surface area contributed by atoms with Crippen molar-refractivity contribution in [2.24, 2.45) is 12.8 Å². The number of rotatable bonds is 3. The molecule has 1 aliphatic carbocycles. The van der Waals surface area contributed by atoms with Crippen molar-refractivity contribution in [3.63, 3.8) is 0 Å². The Balaban J connectivity index is 1.83. The molecular weight excluding hydrogens is 181 g/mol. The average molecular weight is 197 g/mol. The van der Waals surface area contributed by atoms with Crippen LogP contribution in [0.5, 0.6) is 0 Å². The van der Waals surface area contributed by atoms with Crippen molar-refractivity contribution in [3.05, 3.63) is 18.0 Å². The molecule has 1 fully saturated rings. The number of alkyl halides is 1. The lowest BCUT2D eigenvalue weighted by Crippen LogP contribution is -2.48. The molecule has 0 bridgehead atoms. The summed E-state index contributed by atoms with van der Waals surface area (Å²) in [5.41, 5.74) is 5.67. The molecule has 14 heavy (non-hydrogen) atoms. The van der Waals surface area contributed by atoms with Gasteiger partial charge in [0, 0.05) is 19.3 Å². The number of halogens is 1. The molecule has 0 saturated heterocycles. The normalized spacial score (nSPS) is 31.5. The summed E-state index contributed by atoms with van der Waals surface area (Å²) >= 11 is 0. The minimum atomic E-state index is -1.00. The van der Waals surface area contributed by atoms with Crippen LogP contribution in [-0.4, -0.2) is 21.5 Å². The first-order valence-electron chi connectivity index (χ1n) is 4.99. The molecule has 1 aromatic heterocycles. The van der Waals surface area contributed by atoms with Gasteiger partial charge in [0.1, 0.15) is 5.67 Å². The van der Waals surface area contributed by atoms with Crippen molar-refractivity contribution < 1.29 is 4.39 Å².